The summed E-state index contributed by atoms with van der Waals surface area (Å²) in [6.07, 6.45) is 3.36. The molecular formula is C19H21ClN2O4S. The van der Waals surface area contributed by atoms with Gasteiger partial charge >= 0.3 is 5.97 Å². The van der Waals surface area contributed by atoms with E-state index in [1.807, 2.05) is 31.2 Å². The highest BCUT2D eigenvalue weighted by atomic mass is 35.5. The predicted molar refractivity (Wildman–Crippen MR) is 104 cm³/mol. The van der Waals surface area contributed by atoms with Gasteiger partial charge < -0.3 is 4.74 Å². The van der Waals surface area contributed by atoms with Crippen LogP contribution in [0.4, 0.5) is 0 Å². The van der Waals surface area contributed by atoms with Crippen molar-refractivity contribution in [3.8, 4) is 0 Å². The number of hydrogen-bond acceptors (Lipinski definition) is 5. The van der Waals surface area contributed by atoms with Crippen LogP contribution < -0.4 is 0 Å². The molecule has 2 aromatic rings. The summed E-state index contributed by atoms with van der Waals surface area (Å²) in [5, 5.41) is 4.69. The van der Waals surface area contributed by atoms with Gasteiger partial charge in [-0.2, -0.15) is 5.10 Å². The molecular weight excluding hydrogens is 388 g/mol. The number of halogens is 1. The zero-order chi connectivity index (χ0) is 19.6. The van der Waals surface area contributed by atoms with Crippen LogP contribution in [-0.4, -0.2) is 35.7 Å². The van der Waals surface area contributed by atoms with Crippen molar-refractivity contribution in [3.05, 3.63) is 57.9 Å². The molecule has 8 heteroatoms. The van der Waals surface area contributed by atoms with Crippen molar-refractivity contribution in [1.29, 1.82) is 0 Å². The van der Waals surface area contributed by atoms with Crippen LogP contribution in [0.1, 0.15) is 34.8 Å². The Kier molecular flexibility index (Phi) is 5.72. The fourth-order valence-corrected chi connectivity index (χ4v) is 5.12. The van der Waals surface area contributed by atoms with Gasteiger partial charge in [0.05, 0.1) is 23.2 Å². The Bertz CT molecular complexity index is 995. The van der Waals surface area contributed by atoms with Crippen LogP contribution in [0.3, 0.4) is 0 Å². The molecule has 0 bridgehead atoms. The van der Waals surface area contributed by atoms with Gasteiger partial charge in [0, 0.05) is 11.6 Å². The standard InChI is InChI=1S/C19H21ClN2O4S/c1-13-5-3-4-6-15(13)11-26-18(23)8-7-17-14(2)21-22(19(17)20)16-9-10-27(24,25)12-16/h3-8,16H,9-12H2,1-2H3/b8-7+/t16-/m0/s1. The molecule has 144 valence electrons. The third-order valence-corrected chi connectivity index (χ3v) is 6.77. The van der Waals surface area contributed by atoms with E-state index >= 15 is 0 Å². The van der Waals surface area contributed by atoms with Gasteiger partial charge in [-0.15, -0.1) is 0 Å². The van der Waals surface area contributed by atoms with E-state index in [1.54, 1.807) is 17.7 Å². The minimum atomic E-state index is -3.04. The number of aryl methyl sites for hydroxylation is 2. The van der Waals surface area contributed by atoms with Crippen LogP contribution >= 0.6 is 11.6 Å². The van der Waals surface area contributed by atoms with E-state index in [0.29, 0.717) is 22.8 Å². The molecule has 1 aromatic heterocycles. The SMILES string of the molecule is Cc1ccccc1COC(=O)/C=C/c1c(C)nn([C@H]2CCS(=O)(=O)C2)c1Cl. The van der Waals surface area contributed by atoms with E-state index in [0.717, 1.165) is 11.1 Å². The van der Waals surface area contributed by atoms with Crippen LogP contribution in [-0.2, 0) is 26.0 Å². The number of aromatic nitrogens is 2. The zero-order valence-electron chi connectivity index (χ0n) is 15.2. The molecule has 0 spiro atoms. The molecule has 6 nitrogen and oxygen atoms in total. The number of ether oxygens (including phenoxy) is 1. The van der Waals surface area contributed by atoms with Crippen molar-refractivity contribution < 1.29 is 17.9 Å². The van der Waals surface area contributed by atoms with Crippen LogP contribution in [0.2, 0.25) is 5.15 Å². The van der Waals surface area contributed by atoms with Gasteiger partial charge in [0.1, 0.15) is 11.8 Å². The maximum Gasteiger partial charge on any atom is 0.331 e. The minimum absolute atomic E-state index is 0.0372. The fourth-order valence-electron chi connectivity index (χ4n) is 3.05. The van der Waals surface area contributed by atoms with E-state index in [2.05, 4.69) is 5.10 Å². The summed E-state index contributed by atoms with van der Waals surface area (Å²) in [5.74, 6) is -0.302. The van der Waals surface area contributed by atoms with E-state index in [1.165, 1.54) is 6.08 Å². The Morgan fingerprint density at radius 3 is 2.78 bits per heavy atom. The number of nitrogens with zero attached hydrogens (tertiary/aromatic N) is 2. The first-order valence-electron chi connectivity index (χ1n) is 8.61. The van der Waals surface area contributed by atoms with Crippen molar-refractivity contribution in [1.82, 2.24) is 9.78 Å². The Morgan fingerprint density at radius 2 is 2.11 bits per heavy atom. The molecule has 0 amide bonds. The number of carbonyl (C=O) groups excluding carboxylic acids is 1. The molecule has 0 N–H and O–H groups in total. The summed E-state index contributed by atoms with van der Waals surface area (Å²) < 4.78 is 30.2. The molecule has 0 radical (unpaired) electrons. The highest BCUT2D eigenvalue weighted by Crippen LogP contribution is 2.30. The van der Waals surface area contributed by atoms with Gasteiger partial charge in [0.15, 0.2) is 9.84 Å². The lowest BCUT2D eigenvalue weighted by Gasteiger charge is -2.09. The van der Waals surface area contributed by atoms with Gasteiger partial charge in [-0.1, -0.05) is 35.9 Å². The summed E-state index contributed by atoms with van der Waals surface area (Å²) in [5.41, 5.74) is 3.23. The van der Waals surface area contributed by atoms with Crippen LogP contribution in [0.15, 0.2) is 30.3 Å². The predicted octanol–water partition coefficient (Wildman–Crippen LogP) is 3.27. The van der Waals surface area contributed by atoms with Crippen molar-refractivity contribution in [2.24, 2.45) is 0 Å². The average Bonchev–Trinajstić information content (AvgIpc) is 3.11. The molecule has 0 unspecified atom stereocenters. The maximum atomic E-state index is 12.0. The van der Waals surface area contributed by atoms with Crippen molar-refractivity contribution in [2.75, 3.05) is 11.5 Å². The highest BCUT2D eigenvalue weighted by Gasteiger charge is 2.31. The van der Waals surface area contributed by atoms with Crippen molar-refractivity contribution >= 4 is 33.5 Å². The molecule has 1 fully saturated rings. The van der Waals surface area contributed by atoms with Gasteiger partial charge in [0.25, 0.3) is 0 Å². The van der Waals surface area contributed by atoms with E-state index in [-0.39, 0.29) is 24.2 Å². The Morgan fingerprint density at radius 1 is 1.37 bits per heavy atom. The lowest BCUT2D eigenvalue weighted by atomic mass is 10.1. The second kappa shape index (κ2) is 7.86. The lowest BCUT2D eigenvalue weighted by Crippen LogP contribution is -2.12. The Hall–Kier alpha value is -2.12. The summed E-state index contributed by atoms with van der Waals surface area (Å²) in [6, 6.07) is 7.43. The number of benzene rings is 1. The maximum absolute atomic E-state index is 12.0. The minimum Gasteiger partial charge on any atom is -0.458 e. The summed E-state index contributed by atoms with van der Waals surface area (Å²) in [7, 11) is -3.04. The first-order valence-corrected chi connectivity index (χ1v) is 10.8. The molecule has 1 aliphatic rings. The number of carbonyl (C=O) groups is 1. The van der Waals surface area contributed by atoms with Crippen molar-refractivity contribution in [2.45, 2.75) is 32.9 Å². The molecule has 1 atom stereocenters. The highest BCUT2D eigenvalue weighted by molar-refractivity contribution is 7.91. The monoisotopic (exact) mass is 408 g/mol. The quantitative estimate of drug-likeness (QED) is 0.560. The van der Waals surface area contributed by atoms with Gasteiger partial charge in [0.2, 0.25) is 0 Å². The Balaban J connectivity index is 1.68. The fraction of sp³-hybridized carbons (Fsp3) is 0.368. The normalized spacial score (nSPS) is 18.9. The molecule has 1 aliphatic heterocycles. The number of hydrogen-bond donors (Lipinski definition) is 0. The van der Waals surface area contributed by atoms with Crippen LogP contribution in [0, 0.1) is 13.8 Å². The Labute approximate surface area is 163 Å². The third-order valence-electron chi connectivity index (χ3n) is 4.64. The first-order chi connectivity index (χ1) is 12.8. The third kappa shape index (κ3) is 4.59. The summed E-state index contributed by atoms with van der Waals surface area (Å²) >= 11 is 6.38. The molecule has 1 aromatic carbocycles. The average molecular weight is 409 g/mol. The zero-order valence-corrected chi connectivity index (χ0v) is 16.8. The molecule has 3 rings (SSSR count). The molecule has 0 saturated carbocycles. The lowest BCUT2D eigenvalue weighted by molar-refractivity contribution is -0.138. The summed E-state index contributed by atoms with van der Waals surface area (Å²) in [4.78, 5) is 12.0. The molecule has 2 heterocycles. The number of rotatable bonds is 5. The van der Waals surface area contributed by atoms with Gasteiger partial charge in [-0.25, -0.2) is 17.9 Å². The number of esters is 1. The first kappa shape index (κ1) is 19.6. The van der Waals surface area contributed by atoms with Gasteiger partial charge in [-0.3, -0.25) is 0 Å². The number of sulfone groups is 1. The second-order valence-corrected chi connectivity index (χ2v) is 9.25. The van der Waals surface area contributed by atoms with E-state index in [4.69, 9.17) is 16.3 Å². The van der Waals surface area contributed by atoms with E-state index < -0.39 is 15.8 Å². The smallest absolute Gasteiger partial charge is 0.331 e. The van der Waals surface area contributed by atoms with E-state index in [9.17, 15) is 13.2 Å². The largest absolute Gasteiger partial charge is 0.458 e. The second-order valence-electron chi connectivity index (χ2n) is 6.66. The van der Waals surface area contributed by atoms with Crippen molar-refractivity contribution in [3.63, 3.8) is 0 Å². The molecule has 1 saturated heterocycles. The van der Waals surface area contributed by atoms with Crippen LogP contribution in [0.5, 0.6) is 0 Å². The van der Waals surface area contributed by atoms with Crippen LogP contribution in [0.25, 0.3) is 6.08 Å². The topological polar surface area (TPSA) is 78.3 Å². The van der Waals surface area contributed by atoms with Gasteiger partial charge in [-0.05, 0) is 37.5 Å². The summed E-state index contributed by atoms with van der Waals surface area (Å²) in [6.45, 7) is 3.92. The molecule has 27 heavy (non-hydrogen) atoms. The molecule has 0 aliphatic carbocycles.